The van der Waals surface area contributed by atoms with E-state index in [9.17, 15) is 9.59 Å². The minimum absolute atomic E-state index is 0.169. The number of nitrogens with one attached hydrogen (secondary N) is 3. The highest BCUT2D eigenvalue weighted by Crippen LogP contribution is 2.25. The molecule has 0 atom stereocenters. The summed E-state index contributed by atoms with van der Waals surface area (Å²) in [6.07, 6.45) is 1.73. The second-order valence-electron chi connectivity index (χ2n) is 6.37. The van der Waals surface area contributed by atoms with Crippen molar-refractivity contribution in [3.63, 3.8) is 0 Å². The molecule has 2 amide bonds. The van der Waals surface area contributed by atoms with Gasteiger partial charge >= 0.3 is 0 Å². The average Bonchev–Trinajstić information content (AvgIpc) is 3.26. The number of amides is 2. The molecule has 166 valence electrons. The Balaban J connectivity index is 1.47. The summed E-state index contributed by atoms with van der Waals surface area (Å²) in [7, 11) is 0. The number of hydrogen-bond donors (Lipinski definition) is 3. The number of carbonyl (C=O) groups excluding carboxylic acids is 2. The van der Waals surface area contributed by atoms with Crippen LogP contribution in [0.25, 0.3) is 0 Å². The monoisotopic (exact) mass is 469 g/mol. The largest absolute Gasteiger partial charge is 0.494 e. The summed E-state index contributed by atoms with van der Waals surface area (Å²) < 4.78 is 6.09. The average molecular weight is 470 g/mol. The van der Waals surface area contributed by atoms with Crippen molar-refractivity contribution in [3.05, 3.63) is 66.7 Å². The van der Waals surface area contributed by atoms with E-state index in [0.29, 0.717) is 39.6 Å². The zero-order valence-electron chi connectivity index (χ0n) is 17.5. The van der Waals surface area contributed by atoms with E-state index in [-0.39, 0.29) is 17.6 Å². The van der Waals surface area contributed by atoms with E-state index in [1.807, 2.05) is 6.92 Å². The number of aromatic nitrogens is 2. The van der Waals surface area contributed by atoms with E-state index < -0.39 is 0 Å². The molecule has 8 nitrogen and oxygen atoms in total. The number of anilines is 3. The lowest BCUT2D eigenvalue weighted by Gasteiger charge is -2.08. The maximum atomic E-state index is 12.4. The molecule has 3 rings (SSSR count). The first-order valence-electron chi connectivity index (χ1n) is 9.82. The van der Waals surface area contributed by atoms with Crippen molar-refractivity contribution in [2.75, 3.05) is 34.9 Å². The van der Waals surface area contributed by atoms with Crippen LogP contribution in [0.1, 0.15) is 17.3 Å². The number of hydrogen-bond acceptors (Lipinski definition) is 8. The SMILES string of the molecule is C=CCNc1nnc(SCC(=O)Nc2ccc(C(=O)Nc3ccc(OCC)cc3)cc2)s1. The van der Waals surface area contributed by atoms with Gasteiger partial charge in [0.1, 0.15) is 5.75 Å². The summed E-state index contributed by atoms with van der Waals surface area (Å²) in [6, 6.07) is 13.9. The van der Waals surface area contributed by atoms with Crippen molar-refractivity contribution < 1.29 is 14.3 Å². The smallest absolute Gasteiger partial charge is 0.255 e. The highest BCUT2D eigenvalue weighted by Gasteiger charge is 2.10. The normalized spacial score (nSPS) is 10.3. The number of thioether (sulfide) groups is 1. The molecule has 0 fully saturated rings. The van der Waals surface area contributed by atoms with Gasteiger partial charge < -0.3 is 20.7 Å². The predicted molar refractivity (Wildman–Crippen MR) is 130 cm³/mol. The molecule has 1 aromatic heterocycles. The van der Waals surface area contributed by atoms with Crippen LogP contribution in [0.4, 0.5) is 16.5 Å². The molecule has 0 radical (unpaired) electrons. The summed E-state index contributed by atoms with van der Waals surface area (Å²) >= 11 is 2.69. The summed E-state index contributed by atoms with van der Waals surface area (Å²) in [4.78, 5) is 24.6. The predicted octanol–water partition coefficient (Wildman–Crippen LogP) is 4.52. The van der Waals surface area contributed by atoms with Crippen LogP contribution in [-0.4, -0.2) is 40.9 Å². The number of carbonyl (C=O) groups is 2. The van der Waals surface area contributed by atoms with Crippen molar-refractivity contribution in [2.45, 2.75) is 11.3 Å². The second-order valence-corrected chi connectivity index (χ2v) is 8.57. The van der Waals surface area contributed by atoms with E-state index in [1.54, 1.807) is 54.6 Å². The molecule has 0 bridgehead atoms. The van der Waals surface area contributed by atoms with Crippen molar-refractivity contribution in [1.29, 1.82) is 0 Å². The molecule has 1 heterocycles. The number of benzene rings is 2. The standard InChI is InChI=1S/C22H23N5O3S2/c1-3-13-23-21-26-27-22(32-21)31-14-19(28)24-16-7-5-15(6-8-16)20(29)25-17-9-11-18(12-10-17)30-4-2/h3,5-12H,1,4,13-14H2,2H3,(H,23,26)(H,24,28)(H,25,29). The van der Waals surface area contributed by atoms with Crippen molar-refractivity contribution in [2.24, 2.45) is 0 Å². The van der Waals surface area contributed by atoms with Gasteiger partial charge in [-0.3, -0.25) is 9.59 Å². The zero-order valence-corrected chi connectivity index (χ0v) is 19.1. The molecule has 0 aliphatic rings. The molecule has 0 unspecified atom stereocenters. The van der Waals surface area contributed by atoms with Gasteiger partial charge in [0, 0.05) is 23.5 Å². The molecule has 0 saturated carbocycles. The number of nitrogens with zero attached hydrogens (tertiary/aromatic N) is 2. The Bertz CT molecular complexity index is 1050. The Labute approximate surface area is 194 Å². The van der Waals surface area contributed by atoms with Crippen molar-refractivity contribution >= 4 is 51.4 Å². The van der Waals surface area contributed by atoms with E-state index in [4.69, 9.17) is 4.74 Å². The third kappa shape index (κ3) is 7.10. The molecule has 3 N–H and O–H groups in total. The Kier molecular flexibility index (Phi) is 8.64. The topological polar surface area (TPSA) is 105 Å². The number of ether oxygens (including phenoxy) is 1. The van der Waals surface area contributed by atoms with Gasteiger partial charge in [-0.2, -0.15) is 0 Å². The first kappa shape index (κ1) is 23.3. The lowest BCUT2D eigenvalue weighted by atomic mass is 10.2. The maximum absolute atomic E-state index is 12.4. The fraction of sp³-hybridized carbons (Fsp3) is 0.182. The fourth-order valence-electron chi connectivity index (χ4n) is 2.53. The Morgan fingerprint density at radius 3 is 2.44 bits per heavy atom. The van der Waals surface area contributed by atoms with Gasteiger partial charge in [0.25, 0.3) is 5.91 Å². The fourth-order valence-corrected chi connectivity index (χ4v) is 4.09. The Morgan fingerprint density at radius 2 is 1.75 bits per heavy atom. The van der Waals surface area contributed by atoms with Gasteiger partial charge in [-0.15, -0.1) is 16.8 Å². The van der Waals surface area contributed by atoms with Gasteiger partial charge in [0.15, 0.2) is 4.34 Å². The first-order valence-corrected chi connectivity index (χ1v) is 11.6. The third-order valence-corrected chi connectivity index (χ3v) is 6.00. The number of rotatable bonds is 11. The Morgan fingerprint density at radius 1 is 1.06 bits per heavy atom. The van der Waals surface area contributed by atoms with E-state index in [0.717, 1.165) is 5.75 Å². The quantitative estimate of drug-likeness (QED) is 0.280. The first-order chi connectivity index (χ1) is 15.6. The van der Waals surface area contributed by atoms with Gasteiger partial charge in [0.2, 0.25) is 11.0 Å². The molecule has 0 spiro atoms. The van der Waals surface area contributed by atoms with Crippen LogP contribution >= 0.6 is 23.1 Å². The molecule has 32 heavy (non-hydrogen) atoms. The molecule has 0 aliphatic heterocycles. The molecule has 0 aliphatic carbocycles. The highest BCUT2D eigenvalue weighted by atomic mass is 32.2. The lowest BCUT2D eigenvalue weighted by molar-refractivity contribution is -0.113. The summed E-state index contributed by atoms with van der Waals surface area (Å²) in [5.41, 5.74) is 1.77. The molecule has 10 heteroatoms. The van der Waals surface area contributed by atoms with Crippen LogP contribution in [0.15, 0.2) is 65.5 Å². The summed E-state index contributed by atoms with van der Waals surface area (Å²) in [5.74, 6) is 0.549. The van der Waals surface area contributed by atoms with Crippen LogP contribution < -0.4 is 20.7 Å². The van der Waals surface area contributed by atoms with Gasteiger partial charge in [-0.05, 0) is 55.5 Å². The van der Waals surface area contributed by atoms with Crippen molar-refractivity contribution in [1.82, 2.24) is 10.2 Å². The van der Waals surface area contributed by atoms with Gasteiger partial charge in [-0.1, -0.05) is 29.2 Å². The van der Waals surface area contributed by atoms with E-state index >= 15 is 0 Å². The molecular weight excluding hydrogens is 446 g/mol. The van der Waals surface area contributed by atoms with Crippen LogP contribution in [0.2, 0.25) is 0 Å². The van der Waals surface area contributed by atoms with Crippen LogP contribution in [-0.2, 0) is 4.79 Å². The molecule has 2 aromatic carbocycles. The molecule has 3 aromatic rings. The van der Waals surface area contributed by atoms with Crippen LogP contribution in [0.3, 0.4) is 0 Å². The minimum atomic E-state index is -0.236. The van der Waals surface area contributed by atoms with Crippen LogP contribution in [0, 0.1) is 0 Å². The minimum Gasteiger partial charge on any atom is -0.494 e. The van der Waals surface area contributed by atoms with Crippen LogP contribution in [0.5, 0.6) is 5.75 Å². The Hall–Kier alpha value is -3.37. The van der Waals surface area contributed by atoms with E-state index in [2.05, 4.69) is 32.7 Å². The maximum Gasteiger partial charge on any atom is 0.255 e. The third-order valence-electron chi connectivity index (χ3n) is 3.98. The summed E-state index contributed by atoms with van der Waals surface area (Å²) in [5, 5.41) is 17.4. The molecule has 0 saturated heterocycles. The summed E-state index contributed by atoms with van der Waals surface area (Å²) in [6.45, 7) is 6.74. The van der Waals surface area contributed by atoms with Gasteiger partial charge in [0.05, 0.1) is 12.4 Å². The molecular formula is C22H23N5O3S2. The van der Waals surface area contributed by atoms with E-state index in [1.165, 1.54) is 23.1 Å². The van der Waals surface area contributed by atoms with Crippen molar-refractivity contribution in [3.8, 4) is 5.75 Å². The zero-order chi connectivity index (χ0) is 22.8. The second kappa shape index (κ2) is 11.9. The lowest BCUT2D eigenvalue weighted by Crippen LogP contribution is -2.15. The van der Waals surface area contributed by atoms with Gasteiger partial charge in [-0.25, -0.2) is 0 Å². The highest BCUT2D eigenvalue weighted by molar-refractivity contribution is 8.01.